The Labute approximate surface area is 181 Å². The first-order valence-electron chi connectivity index (χ1n) is 10.1. The van der Waals surface area contributed by atoms with E-state index in [1.54, 1.807) is 54.7 Å². The van der Waals surface area contributed by atoms with E-state index in [9.17, 15) is 14.7 Å². The summed E-state index contributed by atoms with van der Waals surface area (Å²) in [6.07, 6.45) is 6.45. The van der Waals surface area contributed by atoms with E-state index < -0.39 is 11.5 Å². The van der Waals surface area contributed by atoms with Crippen LogP contribution in [0.25, 0.3) is 0 Å². The molecule has 2 aliphatic heterocycles. The zero-order chi connectivity index (χ0) is 22.6. The lowest BCUT2D eigenvalue weighted by molar-refractivity contribution is -0.536. The molecule has 0 saturated heterocycles. The van der Waals surface area contributed by atoms with Gasteiger partial charge in [0.15, 0.2) is 0 Å². The summed E-state index contributed by atoms with van der Waals surface area (Å²) in [5.74, 6) is 0.163. The number of carbonyl (C=O) groups is 2. The molecule has 0 radical (unpaired) electrons. The first-order chi connectivity index (χ1) is 14.7. The highest BCUT2D eigenvalue weighted by molar-refractivity contribution is 6.18. The summed E-state index contributed by atoms with van der Waals surface area (Å²) in [6.45, 7) is 6.41. The van der Waals surface area contributed by atoms with E-state index in [0.717, 1.165) is 11.8 Å². The number of ether oxygens (including phenoxy) is 1. The Kier molecular flexibility index (Phi) is 6.67. The number of rotatable bonds is 8. The fourth-order valence-corrected chi connectivity index (χ4v) is 3.33. The fourth-order valence-electron chi connectivity index (χ4n) is 3.33. The van der Waals surface area contributed by atoms with Crippen LogP contribution in [0.1, 0.15) is 43.1 Å². The Hall–Kier alpha value is -3.30. The number of nitrogens with one attached hydrogen (secondary N) is 2. The van der Waals surface area contributed by atoms with Crippen molar-refractivity contribution in [2.24, 2.45) is 4.99 Å². The molecule has 31 heavy (non-hydrogen) atoms. The SMILES string of the molecule is CCOc1cc2c(cc1NC(=O)/C(C=N)=C1\N=CC=C[NH2+]1)CN(CCC(C)(C)O)C2=O. The second-order valence-corrected chi connectivity index (χ2v) is 7.95. The number of aliphatic imine (C=N–C) groups is 1. The van der Waals surface area contributed by atoms with Crippen molar-refractivity contribution in [2.45, 2.75) is 39.3 Å². The summed E-state index contributed by atoms with van der Waals surface area (Å²) in [5, 5.41) is 22.1. The molecule has 2 aliphatic rings. The van der Waals surface area contributed by atoms with Crippen LogP contribution in [-0.4, -0.2) is 53.0 Å². The second kappa shape index (κ2) is 9.23. The van der Waals surface area contributed by atoms with E-state index in [1.807, 2.05) is 6.92 Å². The van der Waals surface area contributed by atoms with Crippen LogP contribution < -0.4 is 15.4 Å². The van der Waals surface area contributed by atoms with Crippen LogP contribution in [0.5, 0.6) is 5.75 Å². The molecule has 0 aromatic heterocycles. The van der Waals surface area contributed by atoms with Crippen molar-refractivity contribution in [1.29, 1.82) is 5.41 Å². The number of allylic oxidation sites excluding steroid dienone is 1. The molecule has 164 valence electrons. The number of nitrogens with two attached hydrogens (primary N) is 1. The van der Waals surface area contributed by atoms with Crippen LogP contribution in [0, 0.1) is 5.41 Å². The van der Waals surface area contributed by atoms with E-state index >= 15 is 0 Å². The molecule has 1 aromatic rings. The van der Waals surface area contributed by atoms with Gasteiger partial charge < -0.3 is 25.5 Å². The lowest BCUT2D eigenvalue weighted by Gasteiger charge is -2.22. The lowest BCUT2D eigenvalue weighted by atomic mass is 10.1. The minimum Gasteiger partial charge on any atom is -0.492 e. The van der Waals surface area contributed by atoms with Gasteiger partial charge in [-0.15, -0.1) is 0 Å². The van der Waals surface area contributed by atoms with E-state index in [-0.39, 0.29) is 11.5 Å². The number of nitrogens with zero attached hydrogens (tertiary/aromatic N) is 2. The summed E-state index contributed by atoms with van der Waals surface area (Å²) < 4.78 is 5.67. The predicted octanol–water partition coefficient (Wildman–Crippen LogP) is 1.16. The maximum absolute atomic E-state index is 12.8. The average Bonchev–Trinajstić information content (AvgIpc) is 3.02. The Morgan fingerprint density at radius 3 is 2.84 bits per heavy atom. The summed E-state index contributed by atoms with van der Waals surface area (Å²) in [6, 6.07) is 3.38. The van der Waals surface area contributed by atoms with Crippen molar-refractivity contribution in [3.8, 4) is 5.75 Å². The third kappa shape index (κ3) is 5.25. The van der Waals surface area contributed by atoms with E-state index in [1.165, 1.54) is 0 Å². The van der Waals surface area contributed by atoms with Gasteiger partial charge in [-0.05, 0) is 44.9 Å². The monoisotopic (exact) mass is 426 g/mol. The molecular weight excluding hydrogens is 398 g/mol. The van der Waals surface area contributed by atoms with Crippen molar-refractivity contribution >= 4 is 29.9 Å². The zero-order valence-corrected chi connectivity index (χ0v) is 17.9. The molecular formula is C22H28N5O4+. The number of fused-ring (bicyclic) bond motifs is 1. The van der Waals surface area contributed by atoms with E-state index in [0.29, 0.717) is 48.9 Å². The molecule has 0 bridgehead atoms. The van der Waals surface area contributed by atoms with Crippen LogP contribution in [0.4, 0.5) is 5.69 Å². The number of hydrogen-bond acceptors (Lipinski definition) is 6. The van der Waals surface area contributed by atoms with Gasteiger partial charge in [0.1, 0.15) is 17.5 Å². The molecule has 9 heteroatoms. The average molecular weight is 426 g/mol. The van der Waals surface area contributed by atoms with Gasteiger partial charge in [0.2, 0.25) is 5.82 Å². The van der Waals surface area contributed by atoms with Gasteiger partial charge in [-0.2, -0.15) is 0 Å². The summed E-state index contributed by atoms with van der Waals surface area (Å²) in [5.41, 5.74) is 0.978. The summed E-state index contributed by atoms with van der Waals surface area (Å²) >= 11 is 0. The maximum Gasteiger partial charge on any atom is 0.265 e. The molecule has 0 spiro atoms. The molecule has 0 unspecified atom stereocenters. The standard InChI is InChI=1S/C22H27N5O4/c1-4-31-18-11-15-14(13-27(21(15)29)9-6-22(2,3)30)10-17(18)26-20(28)16(12-23)19-24-7-5-8-25-19/h5,7-8,10-12,23-24,30H,4,6,9,13H2,1-3H3,(H,26,28)/p+1/b19-16-,23-12?. The van der Waals surface area contributed by atoms with Gasteiger partial charge in [-0.25, -0.2) is 4.99 Å². The number of quaternary nitrogens is 1. The number of carbonyl (C=O) groups excluding carboxylic acids is 2. The predicted molar refractivity (Wildman–Crippen MR) is 117 cm³/mol. The number of anilines is 1. The number of amides is 2. The highest BCUT2D eigenvalue weighted by Crippen LogP contribution is 2.34. The van der Waals surface area contributed by atoms with Crippen molar-refractivity contribution in [3.05, 3.63) is 46.9 Å². The van der Waals surface area contributed by atoms with Crippen molar-refractivity contribution in [3.63, 3.8) is 0 Å². The van der Waals surface area contributed by atoms with E-state index in [2.05, 4.69) is 10.3 Å². The molecule has 5 N–H and O–H groups in total. The lowest BCUT2D eigenvalue weighted by Crippen LogP contribution is -2.76. The zero-order valence-electron chi connectivity index (χ0n) is 17.9. The van der Waals surface area contributed by atoms with Crippen molar-refractivity contribution < 1.29 is 24.7 Å². The van der Waals surface area contributed by atoms with E-state index in [4.69, 9.17) is 10.1 Å². The highest BCUT2D eigenvalue weighted by Gasteiger charge is 2.31. The van der Waals surface area contributed by atoms with Gasteiger partial charge in [0.25, 0.3) is 11.8 Å². The minimum atomic E-state index is -0.866. The molecule has 9 nitrogen and oxygen atoms in total. The van der Waals surface area contributed by atoms with Crippen LogP contribution in [0.3, 0.4) is 0 Å². The van der Waals surface area contributed by atoms with Crippen LogP contribution in [-0.2, 0) is 11.3 Å². The fraction of sp³-hybridized carbons (Fsp3) is 0.364. The largest absolute Gasteiger partial charge is 0.492 e. The Balaban J connectivity index is 1.86. The number of aliphatic hydroxyl groups is 1. The minimum absolute atomic E-state index is 0.117. The molecule has 2 amide bonds. The number of benzene rings is 1. The Morgan fingerprint density at radius 2 is 2.23 bits per heavy atom. The molecule has 3 rings (SSSR count). The van der Waals surface area contributed by atoms with Crippen molar-refractivity contribution in [1.82, 2.24) is 4.90 Å². The van der Waals surface area contributed by atoms with Gasteiger partial charge >= 0.3 is 0 Å². The molecule has 0 fully saturated rings. The van der Waals surface area contributed by atoms with Crippen LogP contribution in [0.15, 0.2) is 40.8 Å². The first-order valence-corrected chi connectivity index (χ1v) is 10.1. The summed E-state index contributed by atoms with van der Waals surface area (Å²) in [7, 11) is 0. The Morgan fingerprint density at radius 1 is 1.45 bits per heavy atom. The first kappa shape index (κ1) is 22.4. The molecule has 1 aromatic carbocycles. The van der Waals surface area contributed by atoms with Crippen LogP contribution >= 0.6 is 0 Å². The third-order valence-electron chi connectivity index (χ3n) is 4.96. The smallest absolute Gasteiger partial charge is 0.265 e. The molecule has 0 aliphatic carbocycles. The van der Waals surface area contributed by atoms with Crippen molar-refractivity contribution in [2.75, 3.05) is 18.5 Å². The van der Waals surface area contributed by atoms with Crippen LogP contribution in [0.2, 0.25) is 0 Å². The Bertz CT molecular complexity index is 988. The number of hydrogen-bond donors (Lipinski definition) is 4. The van der Waals surface area contributed by atoms with Gasteiger partial charge in [-0.3, -0.25) is 14.9 Å². The molecule has 0 atom stereocenters. The summed E-state index contributed by atoms with van der Waals surface area (Å²) in [4.78, 5) is 31.5. The molecule has 0 saturated carbocycles. The highest BCUT2D eigenvalue weighted by atomic mass is 16.5. The third-order valence-corrected chi connectivity index (χ3v) is 4.96. The van der Waals surface area contributed by atoms with Gasteiger partial charge in [0, 0.05) is 37.2 Å². The molecule has 2 heterocycles. The normalized spacial score (nSPS) is 16.9. The topological polar surface area (TPSA) is 132 Å². The van der Waals surface area contributed by atoms with Gasteiger partial charge in [-0.1, -0.05) is 0 Å². The quantitative estimate of drug-likeness (QED) is 0.367. The van der Waals surface area contributed by atoms with Gasteiger partial charge in [0.05, 0.1) is 17.9 Å². The maximum atomic E-state index is 12.8. The second-order valence-electron chi connectivity index (χ2n) is 7.95.